The maximum absolute atomic E-state index is 9.62. The number of furan rings is 1. The highest BCUT2D eigenvalue weighted by molar-refractivity contribution is 6.09. The first-order valence-electron chi connectivity index (χ1n) is 9.54. The first-order chi connectivity index (χ1) is 13.5. The van der Waals surface area contributed by atoms with Crippen LogP contribution in [-0.2, 0) is 5.41 Å². The summed E-state index contributed by atoms with van der Waals surface area (Å²) in [6, 6.07) is 20.9. The minimum absolute atomic E-state index is 0.103. The van der Waals surface area contributed by atoms with E-state index >= 15 is 0 Å². The van der Waals surface area contributed by atoms with Crippen molar-refractivity contribution in [1.82, 2.24) is 0 Å². The summed E-state index contributed by atoms with van der Waals surface area (Å²) in [5.41, 5.74) is 6.96. The van der Waals surface area contributed by atoms with Gasteiger partial charge in [0, 0.05) is 28.8 Å². The predicted octanol–water partition coefficient (Wildman–Crippen LogP) is 5.66. The molecule has 0 radical (unpaired) electrons. The molecular formula is C24H19N3O. The molecule has 3 heterocycles. The van der Waals surface area contributed by atoms with Crippen LogP contribution in [0, 0.1) is 11.3 Å². The summed E-state index contributed by atoms with van der Waals surface area (Å²) in [4.78, 5) is 4.63. The lowest BCUT2D eigenvalue weighted by molar-refractivity contribution is 0.440. The fourth-order valence-corrected chi connectivity index (χ4v) is 5.41. The molecule has 4 nitrogen and oxygen atoms in total. The molecule has 1 unspecified atom stereocenters. The smallest absolute Gasteiger partial charge is 0.141 e. The molecule has 0 saturated heterocycles. The van der Waals surface area contributed by atoms with E-state index in [0.717, 1.165) is 38.9 Å². The molecule has 0 bridgehead atoms. The van der Waals surface area contributed by atoms with Gasteiger partial charge < -0.3 is 14.2 Å². The number of rotatable bonds is 0. The van der Waals surface area contributed by atoms with Crippen LogP contribution in [0.2, 0.25) is 0 Å². The largest absolute Gasteiger partial charge is 0.456 e. The van der Waals surface area contributed by atoms with Crippen LogP contribution in [0.3, 0.4) is 0 Å². The number of likely N-dealkylation sites (N-methyl/N-ethyl adjacent to an activating group) is 1. The summed E-state index contributed by atoms with van der Waals surface area (Å²) >= 11 is 0. The van der Waals surface area contributed by atoms with Crippen LogP contribution in [-0.4, -0.2) is 13.2 Å². The Morgan fingerprint density at radius 2 is 1.79 bits per heavy atom. The van der Waals surface area contributed by atoms with Crippen LogP contribution in [0.5, 0.6) is 0 Å². The average molecular weight is 365 g/mol. The van der Waals surface area contributed by atoms with Crippen molar-refractivity contribution in [2.45, 2.75) is 25.4 Å². The number of hydrogen-bond acceptors (Lipinski definition) is 4. The third kappa shape index (κ3) is 1.61. The van der Waals surface area contributed by atoms with Crippen molar-refractivity contribution in [2.75, 3.05) is 16.8 Å². The quantitative estimate of drug-likeness (QED) is 0.403. The molecule has 0 amide bonds. The van der Waals surface area contributed by atoms with Gasteiger partial charge in [-0.1, -0.05) is 38.1 Å². The van der Waals surface area contributed by atoms with Crippen molar-refractivity contribution < 1.29 is 4.42 Å². The van der Waals surface area contributed by atoms with Crippen LogP contribution < -0.4 is 9.80 Å². The Hall–Kier alpha value is -3.45. The molecule has 3 aromatic carbocycles. The van der Waals surface area contributed by atoms with Crippen LogP contribution in [0.15, 0.2) is 59.0 Å². The van der Waals surface area contributed by atoms with Gasteiger partial charge in [-0.25, -0.2) is 0 Å². The van der Waals surface area contributed by atoms with E-state index in [0.29, 0.717) is 0 Å². The van der Waals surface area contributed by atoms with Crippen LogP contribution >= 0.6 is 0 Å². The van der Waals surface area contributed by atoms with Crippen molar-refractivity contribution in [1.29, 1.82) is 5.26 Å². The van der Waals surface area contributed by atoms with Gasteiger partial charge in [-0.2, -0.15) is 5.26 Å². The highest BCUT2D eigenvalue weighted by atomic mass is 16.3. The van der Waals surface area contributed by atoms with Gasteiger partial charge in [-0.05, 0) is 30.3 Å². The molecule has 136 valence electrons. The molecule has 0 spiro atoms. The average Bonchev–Trinajstić information content (AvgIpc) is 3.30. The summed E-state index contributed by atoms with van der Waals surface area (Å²) < 4.78 is 6.37. The molecule has 1 aromatic heterocycles. The maximum atomic E-state index is 9.62. The Kier molecular flexibility index (Phi) is 2.72. The molecule has 4 heteroatoms. The van der Waals surface area contributed by atoms with Gasteiger partial charge in [0.25, 0.3) is 0 Å². The van der Waals surface area contributed by atoms with Gasteiger partial charge in [0.1, 0.15) is 23.4 Å². The SMILES string of the molecule is CN1c2c(C#N)cccc2N2c3ccc4c(oc5ccccc54)c3C(C)(C)C12. The number of hydrogen-bond donors (Lipinski definition) is 0. The zero-order valence-electron chi connectivity index (χ0n) is 16.0. The second-order valence-corrected chi connectivity index (χ2v) is 8.30. The fourth-order valence-electron chi connectivity index (χ4n) is 5.41. The van der Waals surface area contributed by atoms with Crippen LogP contribution in [0.25, 0.3) is 21.9 Å². The highest BCUT2D eigenvalue weighted by Gasteiger charge is 2.53. The minimum Gasteiger partial charge on any atom is -0.456 e. The summed E-state index contributed by atoms with van der Waals surface area (Å²) in [5.74, 6) is 0. The van der Waals surface area contributed by atoms with Crippen molar-refractivity contribution in [3.05, 3.63) is 65.7 Å². The molecule has 4 aromatic rings. The van der Waals surface area contributed by atoms with E-state index in [1.165, 1.54) is 11.3 Å². The summed E-state index contributed by atoms with van der Waals surface area (Å²) in [7, 11) is 2.09. The second-order valence-electron chi connectivity index (χ2n) is 8.30. The van der Waals surface area contributed by atoms with Gasteiger partial charge in [0.2, 0.25) is 0 Å². The lowest BCUT2D eigenvalue weighted by Gasteiger charge is -2.34. The van der Waals surface area contributed by atoms with Gasteiger partial charge in [-0.3, -0.25) is 0 Å². The van der Waals surface area contributed by atoms with E-state index in [1.807, 2.05) is 24.3 Å². The van der Waals surface area contributed by atoms with E-state index in [9.17, 15) is 5.26 Å². The van der Waals surface area contributed by atoms with E-state index in [2.05, 4.69) is 67.1 Å². The summed E-state index contributed by atoms with van der Waals surface area (Å²) in [6.07, 6.45) is 0.103. The lowest BCUT2D eigenvalue weighted by Crippen LogP contribution is -2.46. The first kappa shape index (κ1) is 15.6. The molecule has 0 saturated carbocycles. The number of anilines is 3. The van der Waals surface area contributed by atoms with Gasteiger partial charge >= 0.3 is 0 Å². The van der Waals surface area contributed by atoms with Crippen molar-refractivity contribution in [3.63, 3.8) is 0 Å². The molecule has 0 N–H and O–H groups in total. The molecule has 1 atom stereocenters. The highest BCUT2D eigenvalue weighted by Crippen LogP contribution is 2.59. The first-order valence-corrected chi connectivity index (χ1v) is 9.54. The molecule has 28 heavy (non-hydrogen) atoms. The Morgan fingerprint density at radius 3 is 2.61 bits per heavy atom. The van der Waals surface area contributed by atoms with E-state index in [-0.39, 0.29) is 11.6 Å². The monoisotopic (exact) mass is 365 g/mol. The Labute approximate surface area is 163 Å². The summed E-state index contributed by atoms with van der Waals surface area (Å²) in [6.45, 7) is 4.55. The topological polar surface area (TPSA) is 43.4 Å². The minimum atomic E-state index is -0.177. The number of nitriles is 1. The van der Waals surface area contributed by atoms with Gasteiger partial charge in [0.15, 0.2) is 0 Å². The fraction of sp³-hybridized carbons (Fsp3) is 0.208. The third-order valence-corrected chi connectivity index (χ3v) is 6.43. The number of fused-ring (bicyclic) bond motifs is 9. The molecule has 0 fully saturated rings. The Morgan fingerprint density at radius 1 is 0.964 bits per heavy atom. The molecule has 6 rings (SSSR count). The molecule has 0 aliphatic carbocycles. The van der Waals surface area contributed by atoms with E-state index in [1.54, 1.807) is 0 Å². The summed E-state index contributed by atoms with van der Waals surface area (Å²) in [5, 5.41) is 11.9. The van der Waals surface area contributed by atoms with Gasteiger partial charge in [0.05, 0.1) is 22.6 Å². The number of benzene rings is 3. The molecule has 2 aliphatic rings. The molecule has 2 aliphatic heterocycles. The zero-order valence-corrected chi connectivity index (χ0v) is 16.0. The third-order valence-electron chi connectivity index (χ3n) is 6.43. The maximum Gasteiger partial charge on any atom is 0.141 e. The number of para-hydroxylation sites is 2. The van der Waals surface area contributed by atoms with Crippen molar-refractivity contribution >= 4 is 39.0 Å². The Bertz CT molecular complexity index is 1340. The van der Waals surface area contributed by atoms with Crippen LogP contribution in [0.4, 0.5) is 17.1 Å². The Balaban J connectivity index is 1.71. The van der Waals surface area contributed by atoms with Crippen molar-refractivity contribution in [3.8, 4) is 6.07 Å². The normalized spacial score (nSPS) is 19.0. The zero-order chi connectivity index (χ0) is 19.2. The van der Waals surface area contributed by atoms with Crippen molar-refractivity contribution in [2.24, 2.45) is 0 Å². The standard InChI is InChI=1S/C24H19N3O/c1-24(2)20-17(12-11-16-15-8-4-5-10-19(15)28-22(16)20)27-18-9-6-7-14(13-25)21(18)26(3)23(24)27/h4-12,23H,1-3H3. The molecular weight excluding hydrogens is 346 g/mol. The van der Waals surface area contributed by atoms with Crippen LogP contribution in [0.1, 0.15) is 25.0 Å². The van der Waals surface area contributed by atoms with E-state index in [4.69, 9.17) is 4.42 Å². The second kappa shape index (κ2) is 4.88. The van der Waals surface area contributed by atoms with Gasteiger partial charge in [-0.15, -0.1) is 0 Å². The van der Waals surface area contributed by atoms with E-state index < -0.39 is 0 Å². The number of nitrogens with zero attached hydrogens (tertiary/aromatic N) is 3. The predicted molar refractivity (Wildman–Crippen MR) is 112 cm³/mol. The lowest BCUT2D eigenvalue weighted by atomic mass is 9.82.